The van der Waals surface area contributed by atoms with E-state index in [2.05, 4.69) is 5.32 Å². The zero-order valence-corrected chi connectivity index (χ0v) is 10.5. The first-order valence-corrected chi connectivity index (χ1v) is 5.70. The van der Waals surface area contributed by atoms with Crippen molar-refractivity contribution in [1.82, 2.24) is 5.32 Å². The zero-order chi connectivity index (χ0) is 13.7. The predicted octanol–water partition coefficient (Wildman–Crippen LogP) is 1.37. The van der Waals surface area contributed by atoms with Crippen molar-refractivity contribution < 1.29 is 9.72 Å². The number of amides is 1. The second-order valence-electron chi connectivity index (χ2n) is 4.30. The Bertz CT molecular complexity index is 458. The van der Waals surface area contributed by atoms with Crippen LogP contribution in [-0.2, 0) is 0 Å². The number of hydrogen-bond acceptors (Lipinski definition) is 4. The van der Waals surface area contributed by atoms with Crippen LogP contribution in [0.3, 0.4) is 0 Å². The van der Waals surface area contributed by atoms with Crippen molar-refractivity contribution in [1.29, 1.82) is 0 Å². The van der Waals surface area contributed by atoms with Crippen LogP contribution >= 0.6 is 0 Å². The molecule has 0 spiro atoms. The molecule has 0 heterocycles. The number of rotatable bonds is 5. The smallest absolute Gasteiger partial charge is 0.282 e. The van der Waals surface area contributed by atoms with Crippen LogP contribution in [0.1, 0.15) is 29.3 Å². The quantitative estimate of drug-likeness (QED) is 0.610. The van der Waals surface area contributed by atoms with E-state index >= 15 is 0 Å². The lowest BCUT2D eigenvalue weighted by molar-refractivity contribution is -0.385. The minimum Gasteiger partial charge on any atom is -0.352 e. The molecule has 1 rings (SSSR count). The molecule has 0 bridgehead atoms. The van der Waals surface area contributed by atoms with Crippen LogP contribution in [0, 0.1) is 17.0 Å². The maximum atomic E-state index is 11.8. The van der Waals surface area contributed by atoms with Crippen LogP contribution in [0.2, 0.25) is 0 Å². The van der Waals surface area contributed by atoms with Gasteiger partial charge in [-0.2, -0.15) is 0 Å². The number of nitrogens with zero attached hydrogens (tertiary/aromatic N) is 1. The molecule has 0 radical (unpaired) electrons. The lowest BCUT2D eigenvalue weighted by atomic mass is 10.1. The highest BCUT2D eigenvalue weighted by atomic mass is 16.6. The molecule has 0 aromatic heterocycles. The van der Waals surface area contributed by atoms with Crippen molar-refractivity contribution in [3.8, 4) is 0 Å². The zero-order valence-electron chi connectivity index (χ0n) is 10.5. The molecule has 18 heavy (non-hydrogen) atoms. The molecule has 1 aromatic carbocycles. The Labute approximate surface area is 105 Å². The highest BCUT2D eigenvalue weighted by Gasteiger charge is 2.19. The molecule has 1 unspecified atom stereocenters. The Morgan fingerprint density at radius 1 is 1.56 bits per heavy atom. The Balaban J connectivity index is 2.84. The molecule has 0 fully saturated rings. The summed E-state index contributed by atoms with van der Waals surface area (Å²) in [6.45, 7) is 4.02. The Hall–Kier alpha value is -1.95. The first-order valence-electron chi connectivity index (χ1n) is 5.70. The summed E-state index contributed by atoms with van der Waals surface area (Å²) in [6.07, 6.45) is 0.630. The van der Waals surface area contributed by atoms with Crippen molar-refractivity contribution in [3.63, 3.8) is 0 Å². The van der Waals surface area contributed by atoms with Crippen LogP contribution in [0.25, 0.3) is 0 Å². The molecule has 98 valence electrons. The molecule has 0 saturated heterocycles. The fourth-order valence-corrected chi connectivity index (χ4v) is 1.50. The first-order chi connectivity index (χ1) is 8.41. The van der Waals surface area contributed by atoms with Crippen molar-refractivity contribution >= 4 is 11.6 Å². The largest absolute Gasteiger partial charge is 0.352 e. The molecule has 0 aliphatic heterocycles. The number of nitrogens with one attached hydrogen (secondary N) is 1. The second kappa shape index (κ2) is 6.11. The standard InChI is InChI=1S/C12H17N3O3/c1-8-3-4-11(15(17)18)10(7-8)12(16)14-6-5-9(2)13/h3-4,7,9H,5-6,13H2,1-2H3,(H,14,16). The fourth-order valence-electron chi connectivity index (χ4n) is 1.50. The van der Waals surface area contributed by atoms with E-state index < -0.39 is 10.8 Å². The topological polar surface area (TPSA) is 98.3 Å². The lowest BCUT2D eigenvalue weighted by Crippen LogP contribution is -2.29. The van der Waals surface area contributed by atoms with Crippen LogP contribution in [0.4, 0.5) is 5.69 Å². The second-order valence-corrected chi connectivity index (χ2v) is 4.30. The summed E-state index contributed by atoms with van der Waals surface area (Å²) in [7, 11) is 0. The third kappa shape index (κ3) is 3.81. The van der Waals surface area contributed by atoms with E-state index in [1.807, 2.05) is 6.92 Å². The highest BCUT2D eigenvalue weighted by molar-refractivity contribution is 5.98. The highest BCUT2D eigenvalue weighted by Crippen LogP contribution is 2.19. The van der Waals surface area contributed by atoms with Crippen molar-refractivity contribution in [2.24, 2.45) is 5.73 Å². The SMILES string of the molecule is Cc1ccc([N+](=O)[O-])c(C(=O)NCCC(C)N)c1. The summed E-state index contributed by atoms with van der Waals surface area (Å²) in [5.74, 6) is -0.439. The van der Waals surface area contributed by atoms with Gasteiger partial charge in [-0.25, -0.2) is 0 Å². The van der Waals surface area contributed by atoms with Gasteiger partial charge in [0.25, 0.3) is 11.6 Å². The normalized spacial score (nSPS) is 11.9. The van der Waals surface area contributed by atoms with Crippen LogP contribution in [0.5, 0.6) is 0 Å². The molecule has 1 amide bonds. The van der Waals surface area contributed by atoms with E-state index in [1.165, 1.54) is 12.1 Å². The number of hydrogen-bond donors (Lipinski definition) is 2. The van der Waals surface area contributed by atoms with E-state index in [0.717, 1.165) is 5.56 Å². The van der Waals surface area contributed by atoms with Gasteiger partial charge in [-0.05, 0) is 31.9 Å². The van der Waals surface area contributed by atoms with Gasteiger partial charge in [0.2, 0.25) is 0 Å². The van der Waals surface area contributed by atoms with Gasteiger partial charge in [0.1, 0.15) is 5.56 Å². The third-order valence-electron chi connectivity index (χ3n) is 2.48. The summed E-state index contributed by atoms with van der Waals surface area (Å²) in [6, 6.07) is 4.45. The van der Waals surface area contributed by atoms with E-state index in [0.29, 0.717) is 13.0 Å². The molecular weight excluding hydrogens is 234 g/mol. The molecule has 1 aromatic rings. The summed E-state index contributed by atoms with van der Waals surface area (Å²) in [5.41, 5.74) is 6.27. The number of carbonyl (C=O) groups is 1. The van der Waals surface area contributed by atoms with Gasteiger partial charge in [-0.15, -0.1) is 0 Å². The van der Waals surface area contributed by atoms with Crippen LogP contribution in [-0.4, -0.2) is 23.4 Å². The number of nitrogens with two attached hydrogens (primary N) is 1. The van der Waals surface area contributed by atoms with Gasteiger partial charge in [-0.1, -0.05) is 6.07 Å². The molecule has 0 saturated carbocycles. The van der Waals surface area contributed by atoms with E-state index in [9.17, 15) is 14.9 Å². The molecule has 6 heteroatoms. The first kappa shape index (κ1) is 14.1. The number of carbonyl (C=O) groups excluding carboxylic acids is 1. The fraction of sp³-hybridized carbons (Fsp3) is 0.417. The maximum absolute atomic E-state index is 11.8. The number of benzene rings is 1. The Kier molecular flexibility index (Phi) is 4.79. The van der Waals surface area contributed by atoms with Crippen LogP contribution in [0.15, 0.2) is 18.2 Å². The van der Waals surface area contributed by atoms with Gasteiger partial charge in [0.05, 0.1) is 4.92 Å². The van der Waals surface area contributed by atoms with Crippen molar-refractivity contribution in [2.45, 2.75) is 26.3 Å². The molecule has 0 aliphatic carbocycles. The van der Waals surface area contributed by atoms with Crippen LogP contribution < -0.4 is 11.1 Å². The van der Waals surface area contributed by atoms with Crippen molar-refractivity contribution in [2.75, 3.05) is 6.54 Å². The predicted molar refractivity (Wildman–Crippen MR) is 68.4 cm³/mol. The summed E-state index contributed by atoms with van der Waals surface area (Å²) in [5, 5.41) is 13.5. The number of aryl methyl sites for hydroxylation is 1. The molecular formula is C12H17N3O3. The molecule has 0 aliphatic rings. The minimum atomic E-state index is -0.556. The number of nitro groups is 1. The van der Waals surface area contributed by atoms with Gasteiger partial charge < -0.3 is 11.1 Å². The van der Waals surface area contributed by atoms with Gasteiger partial charge in [0.15, 0.2) is 0 Å². The molecule has 6 nitrogen and oxygen atoms in total. The Morgan fingerprint density at radius 3 is 2.78 bits per heavy atom. The average Bonchev–Trinajstić information content (AvgIpc) is 2.27. The van der Waals surface area contributed by atoms with Gasteiger partial charge in [-0.3, -0.25) is 14.9 Å². The monoisotopic (exact) mass is 251 g/mol. The molecule has 1 atom stereocenters. The summed E-state index contributed by atoms with van der Waals surface area (Å²) >= 11 is 0. The number of nitro benzene ring substituents is 1. The van der Waals surface area contributed by atoms with Crippen molar-refractivity contribution in [3.05, 3.63) is 39.4 Å². The lowest BCUT2D eigenvalue weighted by Gasteiger charge is -2.08. The third-order valence-corrected chi connectivity index (χ3v) is 2.48. The van der Waals surface area contributed by atoms with E-state index in [-0.39, 0.29) is 17.3 Å². The Morgan fingerprint density at radius 2 is 2.22 bits per heavy atom. The van der Waals surface area contributed by atoms with E-state index in [1.54, 1.807) is 13.0 Å². The maximum Gasteiger partial charge on any atom is 0.282 e. The summed E-state index contributed by atoms with van der Waals surface area (Å²) < 4.78 is 0. The average molecular weight is 251 g/mol. The van der Waals surface area contributed by atoms with Gasteiger partial charge in [0, 0.05) is 18.7 Å². The van der Waals surface area contributed by atoms with E-state index in [4.69, 9.17) is 5.73 Å². The van der Waals surface area contributed by atoms with Gasteiger partial charge >= 0.3 is 0 Å². The minimum absolute atomic E-state index is 0.0159. The molecule has 3 N–H and O–H groups in total. The summed E-state index contributed by atoms with van der Waals surface area (Å²) in [4.78, 5) is 22.1.